The summed E-state index contributed by atoms with van der Waals surface area (Å²) in [5.74, 6) is -1.36. The molecule has 0 aromatic heterocycles. The molecule has 0 aromatic rings. The highest BCUT2D eigenvalue weighted by molar-refractivity contribution is 5.98. The lowest BCUT2D eigenvalue weighted by molar-refractivity contribution is -0.137. The number of amides is 1. The number of nitrogens with one attached hydrogen (secondary N) is 1. The van der Waals surface area contributed by atoms with E-state index >= 15 is 0 Å². The van der Waals surface area contributed by atoms with E-state index in [1.165, 1.54) is 0 Å². The fraction of sp³-hybridized carbons (Fsp3) is 0.250. The SMILES string of the molecule is O=C(O)CNC(=O)C1=CCC=C1. The van der Waals surface area contributed by atoms with Crippen molar-refractivity contribution in [2.24, 2.45) is 0 Å². The third-order valence-electron chi connectivity index (χ3n) is 1.43. The average Bonchev–Trinajstić information content (AvgIpc) is 2.51. The van der Waals surface area contributed by atoms with E-state index in [2.05, 4.69) is 5.32 Å². The summed E-state index contributed by atoms with van der Waals surface area (Å²) < 4.78 is 0. The van der Waals surface area contributed by atoms with Crippen molar-refractivity contribution in [3.8, 4) is 0 Å². The molecular formula is C8H9NO3. The summed E-state index contributed by atoms with van der Waals surface area (Å²) in [6.07, 6.45) is 6.01. The number of hydrogen-bond donors (Lipinski definition) is 2. The summed E-state index contributed by atoms with van der Waals surface area (Å²) in [6, 6.07) is 0. The second-order valence-electron chi connectivity index (χ2n) is 2.37. The molecule has 4 heteroatoms. The zero-order chi connectivity index (χ0) is 8.97. The Bertz CT molecular complexity index is 265. The summed E-state index contributed by atoms with van der Waals surface area (Å²) in [7, 11) is 0. The molecule has 4 nitrogen and oxygen atoms in total. The van der Waals surface area contributed by atoms with Crippen LogP contribution < -0.4 is 5.32 Å². The van der Waals surface area contributed by atoms with Crippen LogP contribution in [0.5, 0.6) is 0 Å². The molecule has 0 heterocycles. The number of carbonyl (C=O) groups is 2. The summed E-state index contributed by atoms with van der Waals surface area (Å²) >= 11 is 0. The molecule has 0 aliphatic heterocycles. The molecule has 0 unspecified atom stereocenters. The molecule has 2 N–H and O–H groups in total. The van der Waals surface area contributed by atoms with Gasteiger partial charge in [-0.25, -0.2) is 0 Å². The first-order valence-corrected chi connectivity index (χ1v) is 3.57. The number of aliphatic carboxylic acids is 1. The smallest absolute Gasteiger partial charge is 0.322 e. The van der Waals surface area contributed by atoms with Gasteiger partial charge < -0.3 is 10.4 Å². The highest BCUT2D eigenvalue weighted by atomic mass is 16.4. The molecule has 64 valence electrons. The minimum absolute atomic E-state index is 0.328. The van der Waals surface area contributed by atoms with Crippen LogP contribution in [0.3, 0.4) is 0 Å². The van der Waals surface area contributed by atoms with Gasteiger partial charge in [0.25, 0.3) is 5.91 Å². The number of rotatable bonds is 3. The molecule has 0 aromatic carbocycles. The second-order valence-corrected chi connectivity index (χ2v) is 2.37. The van der Waals surface area contributed by atoms with Gasteiger partial charge in [-0.15, -0.1) is 0 Å². The van der Waals surface area contributed by atoms with Crippen molar-refractivity contribution >= 4 is 11.9 Å². The Hall–Kier alpha value is -1.58. The maximum atomic E-state index is 11.1. The number of hydrogen-bond acceptors (Lipinski definition) is 2. The maximum absolute atomic E-state index is 11.1. The Morgan fingerprint density at radius 2 is 2.33 bits per heavy atom. The molecule has 1 rings (SSSR count). The Morgan fingerprint density at radius 1 is 1.58 bits per heavy atom. The zero-order valence-corrected chi connectivity index (χ0v) is 6.41. The normalized spacial score (nSPS) is 14.2. The van der Waals surface area contributed by atoms with Gasteiger partial charge >= 0.3 is 5.97 Å². The van der Waals surface area contributed by atoms with Crippen molar-refractivity contribution < 1.29 is 14.7 Å². The number of carboxylic acid groups (broad SMARTS) is 1. The van der Waals surface area contributed by atoms with Crippen molar-refractivity contribution in [3.05, 3.63) is 23.8 Å². The first-order valence-electron chi connectivity index (χ1n) is 3.57. The molecular weight excluding hydrogens is 158 g/mol. The summed E-state index contributed by atoms with van der Waals surface area (Å²) in [5.41, 5.74) is 0.538. The quantitative estimate of drug-likeness (QED) is 0.625. The molecule has 0 saturated heterocycles. The third kappa shape index (κ3) is 2.23. The van der Waals surface area contributed by atoms with Gasteiger partial charge in [0.2, 0.25) is 0 Å². The van der Waals surface area contributed by atoms with Crippen LogP contribution in [-0.2, 0) is 9.59 Å². The van der Waals surface area contributed by atoms with Gasteiger partial charge in [0, 0.05) is 5.57 Å². The Kier molecular flexibility index (Phi) is 2.63. The van der Waals surface area contributed by atoms with Crippen LogP contribution >= 0.6 is 0 Å². The monoisotopic (exact) mass is 167 g/mol. The topological polar surface area (TPSA) is 66.4 Å². The van der Waals surface area contributed by atoms with Gasteiger partial charge in [-0.1, -0.05) is 18.2 Å². The minimum Gasteiger partial charge on any atom is -0.480 e. The van der Waals surface area contributed by atoms with Crippen molar-refractivity contribution in [2.45, 2.75) is 6.42 Å². The van der Waals surface area contributed by atoms with E-state index in [4.69, 9.17) is 5.11 Å². The van der Waals surface area contributed by atoms with E-state index in [0.29, 0.717) is 5.57 Å². The lowest BCUT2D eigenvalue weighted by atomic mass is 10.3. The van der Waals surface area contributed by atoms with E-state index in [1.54, 1.807) is 12.2 Å². The summed E-state index contributed by atoms with van der Waals surface area (Å²) in [4.78, 5) is 21.1. The number of allylic oxidation sites excluding steroid dienone is 2. The summed E-state index contributed by atoms with van der Waals surface area (Å²) in [5, 5.41) is 10.5. The predicted molar refractivity (Wildman–Crippen MR) is 42.5 cm³/mol. The minimum atomic E-state index is -1.04. The molecule has 0 fully saturated rings. The average molecular weight is 167 g/mol. The van der Waals surface area contributed by atoms with Gasteiger partial charge in [0.1, 0.15) is 6.54 Å². The second kappa shape index (κ2) is 3.71. The zero-order valence-electron chi connectivity index (χ0n) is 6.41. The van der Waals surface area contributed by atoms with E-state index in [1.807, 2.05) is 6.08 Å². The van der Waals surface area contributed by atoms with Crippen LogP contribution in [0, 0.1) is 0 Å². The predicted octanol–water partition coefficient (Wildman–Crippen LogP) is 0.0735. The maximum Gasteiger partial charge on any atom is 0.322 e. The van der Waals surface area contributed by atoms with Crippen LogP contribution in [0.2, 0.25) is 0 Å². The lowest BCUT2D eigenvalue weighted by Crippen LogP contribution is -2.29. The molecule has 1 aliphatic rings. The molecule has 0 radical (unpaired) electrons. The largest absolute Gasteiger partial charge is 0.480 e. The van der Waals surface area contributed by atoms with Crippen LogP contribution in [0.25, 0.3) is 0 Å². The summed E-state index contributed by atoms with van der Waals surface area (Å²) in [6.45, 7) is -0.329. The molecule has 1 aliphatic carbocycles. The van der Waals surface area contributed by atoms with E-state index < -0.39 is 5.97 Å². The van der Waals surface area contributed by atoms with Gasteiger partial charge in [-0.3, -0.25) is 9.59 Å². The van der Waals surface area contributed by atoms with E-state index in [-0.39, 0.29) is 12.5 Å². The molecule has 0 atom stereocenters. The highest BCUT2D eigenvalue weighted by Crippen LogP contribution is 2.07. The van der Waals surface area contributed by atoms with Crippen LogP contribution in [0.1, 0.15) is 6.42 Å². The van der Waals surface area contributed by atoms with Gasteiger partial charge in [-0.2, -0.15) is 0 Å². The van der Waals surface area contributed by atoms with Crippen LogP contribution in [0.4, 0.5) is 0 Å². The van der Waals surface area contributed by atoms with E-state index in [9.17, 15) is 9.59 Å². The standard InChI is InChI=1S/C8H9NO3/c10-7(11)5-9-8(12)6-3-1-2-4-6/h1,3-4H,2,5H2,(H,9,12)(H,10,11). The van der Waals surface area contributed by atoms with Gasteiger partial charge in [0.05, 0.1) is 0 Å². The van der Waals surface area contributed by atoms with Crippen LogP contribution in [0.15, 0.2) is 23.8 Å². The molecule has 0 bridgehead atoms. The van der Waals surface area contributed by atoms with Gasteiger partial charge in [-0.05, 0) is 6.42 Å². The van der Waals surface area contributed by atoms with Crippen molar-refractivity contribution in [2.75, 3.05) is 6.54 Å². The highest BCUT2D eigenvalue weighted by Gasteiger charge is 2.08. The Morgan fingerprint density at radius 3 is 2.83 bits per heavy atom. The van der Waals surface area contributed by atoms with Crippen molar-refractivity contribution in [1.82, 2.24) is 5.32 Å². The Balaban J connectivity index is 2.38. The number of carbonyl (C=O) groups excluding carboxylic acids is 1. The lowest BCUT2D eigenvalue weighted by Gasteiger charge is -1.99. The van der Waals surface area contributed by atoms with E-state index in [0.717, 1.165) is 6.42 Å². The fourth-order valence-electron chi connectivity index (χ4n) is 0.884. The molecule has 0 spiro atoms. The van der Waals surface area contributed by atoms with Crippen LogP contribution in [-0.4, -0.2) is 23.5 Å². The van der Waals surface area contributed by atoms with Gasteiger partial charge in [0.15, 0.2) is 0 Å². The fourth-order valence-corrected chi connectivity index (χ4v) is 0.884. The first kappa shape index (κ1) is 8.52. The molecule has 12 heavy (non-hydrogen) atoms. The molecule has 1 amide bonds. The molecule has 0 saturated carbocycles. The Labute approximate surface area is 69.6 Å². The van der Waals surface area contributed by atoms with Crippen molar-refractivity contribution in [1.29, 1.82) is 0 Å². The number of carboxylic acids is 1. The first-order chi connectivity index (χ1) is 5.70. The third-order valence-corrected chi connectivity index (χ3v) is 1.43. The van der Waals surface area contributed by atoms with Crippen molar-refractivity contribution in [3.63, 3.8) is 0 Å².